The number of nitrogens with one attached hydrogen (secondary N) is 3. The Morgan fingerprint density at radius 2 is 1.84 bits per heavy atom. The summed E-state index contributed by atoms with van der Waals surface area (Å²) in [6, 6.07) is 19.9. The number of ether oxygens (including phenoxy) is 2. The third-order valence-electron chi connectivity index (χ3n) is 5.64. The average Bonchev–Trinajstić information content (AvgIpc) is 2.91. The normalized spacial score (nSPS) is 12.3. The second-order valence-corrected chi connectivity index (χ2v) is 8.45. The molecule has 4 N–H and O–H groups in total. The highest BCUT2D eigenvalue weighted by Crippen LogP contribution is 2.32. The second-order valence-electron chi connectivity index (χ2n) is 8.45. The summed E-state index contributed by atoms with van der Waals surface area (Å²) >= 11 is 0. The number of pyridine rings is 1. The maximum Gasteiger partial charge on any atom is 0.266 e. The van der Waals surface area contributed by atoms with Gasteiger partial charge in [0.2, 0.25) is 0 Å². The molecule has 0 aliphatic heterocycles. The molecule has 0 aliphatic carbocycles. The molecule has 0 fully saturated rings. The minimum atomic E-state index is -0.732. The lowest BCUT2D eigenvalue weighted by molar-refractivity contribution is -0.128. The van der Waals surface area contributed by atoms with Crippen molar-refractivity contribution in [3.05, 3.63) is 82.3 Å². The van der Waals surface area contributed by atoms with Crippen molar-refractivity contribution < 1.29 is 19.4 Å². The first-order valence-corrected chi connectivity index (χ1v) is 12.2. The summed E-state index contributed by atoms with van der Waals surface area (Å²) in [5.74, 6) is 0.911. The molecule has 2 aromatic carbocycles. The van der Waals surface area contributed by atoms with E-state index in [0.717, 1.165) is 0 Å². The summed E-state index contributed by atoms with van der Waals surface area (Å²) in [6.45, 7) is 4.92. The van der Waals surface area contributed by atoms with E-state index in [4.69, 9.17) is 9.47 Å². The SMILES string of the molecule is CCC(Oc1ccccc1-c1cc(C#N)c(=O)[nH]c1C)C(=O)NCCNCC(O)COc1ccccc1. The average molecular weight is 505 g/mol. The zero-order chi connectivity index (χ0) is 26.6. The molecule has 37 heavy (non-hydrogen) atoms. The van der Waals surface area contributed by atoms with Crippen molar-refractivity contribution in [3.63, 3.8) is 0 Å². The number of aromatic amines is 1. The van der Waals surface area contributed by atoms with Crippen LogP contribution in [0.2, 0.25) is 0 Å². The molecular formula is C28H32N4O5. The molecular weight excluding hydrogens is 472 g/mol. The molecule has 1 aromatic heterocycles. The second kappa shape index (κ2) is 13.8. The number of aliphatic hydroxyl groups is 1. The van der Waals surface area contributed by atoms with Crippen LogP contribution in [0.15, 0.2) is 65.5 Å². The number of hydrogen-bond donors (Lipinski definition) is 4. The molecule has 2 atom stereocenters. The van der Waals surface area contributed by atoms with E-state index in [-0.39, 0.29) is 18.1 Å². The molecule has 1 amide bonds. The molecule has 0 spiro atoms. The number of benzene rings is 2. The van der Waals surface area contributed by atoms with Crippen LogP contribution in [0.25, 0.3) is 11.1 Å². The predicted octanol–water partition coefficient (Wildman–Crippen LogP) is 2.53. The molecule has 0 saturated carbocycles. The first kappa shape index (κ1) is 27.5. The fraction of sp³-hybridized carbons (Fsp3) is 0.321. The van der Waals surface area contributed by atoms with Crippen LogP contribution >= 0.6 is 0 Å². The Labute approximate surface area is 216 Å². The maximum absolute atomic E-state index is 12.8. The number of nitriles is 1. The van der Waals surface area contributed by atoms with Gasteiger partial charge in [-0.3, -0.25) is 9.59 Å². The number of carbonyl (C=O) groups is 1. The fourth-order valence-electron chi connectivity index (χ4n) is 3.68. The van der Waals surface area contributed by atoms with E-state index >= 15 is 0 Å². The quantitative estimate of drug-likeness (QED) is 0.263. The van der Waals surface area contributed by atoms with Crippen LogP contribution in [-0.2, 0) is 4.79 Å². The van der Waals surface area contributed by atoms with Gasteiger partial charge in [0.1, 0.15) is 35.8 Å². The van der Waals surface area contributed by atoms with E-state index in [1.165, 1.54) is 6.07 Å². The lowest BCUT2D eigenvalue weighted by Gasteiger charge is -2.20. The number of amides is 1. The number of para-hydroxylation sites is 2. The standard InChI is InChI=1S/C28H32N4O5/c1-3-25(28(35)31-14-13-30-17-21(33)18-36-22-9-5-4-6-10-22)37-26-12-8-7-11-23(26)24-15-20(16-29)27(34)32-19(24)2/h4-12,15,21,25,30,33H,3,13-14,17-18H2,1-2H3,(H,31,35)(H,32,34). The molecule has 2 unspecified atom stereocenters. The summed E-state index contributed by atoms with van der Waals surface area (Å²) in [5, 5.41) is 25.3. The van der Waals surface area contributed by atoms with Crippen LogP contribution in [0.4, 0.5) is 0 Å². The first-order chi connectivity index (χ1) is 17.9. The number of aliphatic hydroxyl groups excluding tert-OH is 1. The van der Waals surface area contributed by atoms with Gasteiger partial charge in [0.15, 0.2) is 6.10 Å². The van der Waals surface area contributed by atoms with Gasteiger partial charge >= 0.3 is 0 Å². The highest BCUT2D eigenvalue weighted by molar-refractivity contribution is 5.82. The number of H-pyrrole nitrogens is 1. The van der Waals surface area contributed by atoms with Crippen molar-refractivity contribution >= 4 is 5.91 Å². The smallest absolute Gasteiger partial charge is 0.266 e. The van der Waals surface area contributed by atoms with Crippen molar-refractivity contribution in [2.45, 2.75) is 32.5 Å². The lowest BCUT2D eigenvalue weighted by atomic mass is 10.0. The van der Waals surface area contributed by atoms with Crippen LogP contribution < -0.4 is 25.7 Å². The van der Waals surface area contributed by atoms with Crippen molar-refractivity contribution in [2.75, 3.05) is 26.2 Å². The van der Waals surface area contributed by atoms with Gasteiger partial charge in [-0.15, -0.1) is 0 Å². The van der Waals surface area contributed by atoms with Crippen LogP contribution in [0, 0.1) is 18.3 Å². The van der Waals surface area contributed by atoms with Crippen molar-refractivity contribution in [2.24, 2.45) is 0 Å². The molecule has 0 saturated heterocycles. The maximum atomic E-state index is 12.8. The van der Waals surface area contributed by atoms with E-state index in [9.17, 15) is 20.0 Å². The number of aromatic nitrogens is 1. The Morgan fingerprint density at radius 1 is 1.11 bits per heavy atom. The van der Waals surface area contributed by atoms with Gasteiger partial charge in [-0.1, -0.05) is 43.3 Å². The minimum absolute atomic E-state index is 0.00411. The molecule has 194 valence electrons. The van der Waals surface area contributed by atoms with E-state index in [1.807, 2.05) is 55.5 Å². The lowest BCUT2D eigenvalue weighted by Crippen LogP contribution is -2.42. The molecule has 0 aliphatic rings. The van der Waals surface area contributed by atoms with E-state index in [2.05, 4.69) is 15.6 Å². The third-order valence-corrected chi connectivity index (χ3v) is 5.64. The number of hydrogen-bond acceptors (Lipinski definition) is 7. The highest BCUT2D eigenvalue weighted by atomic mass is 16.5. The number of rotatable bonds is 13. The summed E-state index contributed by atoms with van der Waals surface area (Å²) in [5.41, 5.74) is 1.48. The fourth-order valence-corrected chi connectivity index (χ4v) is 3.68. The number of carbonyl (C=O) groups excluding carboxylic acids is 1. The summed E-state index contributed by atoms with van der Waals surface area (Å²) < 4.78 is 11.6. The highest BCUT2D eigenvalue weighted by Gasteiger charge is 2.20. The Kier molecular flexibility index (Phi) is 10.3. The minimum Gasteiger partial charge on any atom is -0.491 e. The van der Waals surface area contributed by atoms with E-state index in [1.54, 1.807) is 19.1 Å². The van der Waals surface area contributed by atoms with Crippen molar-refractivity contribution in [1.29, 1.82) is 5.26 Å². The third kappa shape index (κ3) is 7.93. The summed E-state index contributed by atoms with van der Waals surface area (Å²) in [6.07, 6.45) is -0.974. The van der Waals surface area contributed by atoms with Crippen LogP contribution in [-0.4, -0.2) is 54.4 Å². The molecule has 0 radical (unpaired) electrons. The summed E-state index contributed by atoms with van der Waals surface area (Å²) in [7, 11) is 0. The molecule has 0 bridgehead atoms. The van der Waals surface area contributed by atoms with E-state index < -0.39 is 17.8 Å². The number of nitrogens with zero attached hydrogens (tertiary/aromatic N) is 1. The number of aryl methyl sites for hydroxylation is 1. The topological polar surface area (TPSA) is 136 Å². The largest absolute Gasteiger partial charge is 0.491 e. The molecule has 1 heterocycles. The van der Waals surface area contributed by atoms with Crippen LogP contribution in [0.3, 0.4) is 0 Å². The molecule has 3 rings (SSSR count). The Morgan fingerprint density at radius 3 is 2.57 bits per heavy atom. The van der Waals surface area contributed by atoms with E-state index in [0.29, 0.717) is 54.4 Å². The van der Waals surface area contributed by atoms with Crippen LogP contribution in [0.5, 0.6) is 11.5 Å². The zero-order valence-electron chi connectivity index (χ0n) is 21.0. The van der Waals surface area contributed by atoms with Gasteiger partial charge in [-0.25, -0.2) is 0 Å². The van der Waals surface area contributed by atoms with Gasteiger partial charge in [-0.2, -0.15) is 5.26 Å². The zero-order valence-corrected chi connectivity index (χ0v) is 21.0. The van der Waals surface area contributed by atoms with Gasteiger partial charge in [-0.05, 0) is 37.6 Å². The Bertz CT molecular complexity index is 1270. The van der Waals surface area contributed by atoms with Gasteiger partial charge in [0, 0.05) is 36.5 Å². The molecule has 9 nitrogen and oxygen atoms in total. The summed E-state index contributed by atoms with van der Waals surface area (Å²) in [4.78, 5) is 27.4. The predicted molar refractivity (Wildman–Crippen MR) is 140 cm³/mol. The Hall–Kier alpha value is -4.13. The van der Waals surface area contributed by atoms with Gasteiger partial charge < -0.3 is 30.2 Å². The van der Waals surface area contributed by atoms with Crippen molar-refractivity contribution in [3.8, 4) is 28.7 Å². The first-order valence-electron chi connectivity index (χ1n) is 12.2. The molecule has 9 heteroatoms. The monoisotopic (exact) mass is 504 g/mol. The van der Waals surface area contributed by atoms with Gasteiger partial charge in [0.05, 0.1) is 0 Å². The molecule has 3 aromatic rings. The Balaban J connectivity index is 1.51. The van der Waals surface area contributed by atoms with Crippen molar-refractivity contribution in [1.82, 2.24) is 15.6 Å². The van der Waals surface area contributed by atoms with Gasteiger partial charge in [0.25, 0.3) is 11.5 Å². The van der Waals surface area contributed by atoms with Crippen LogP contribution in [0.1, 0.15) is 24.6 Å².